The summed E-state index contributed by atoms with van der Waals surface area (Å²) in [6.07, 6.45) is 0.158. The van der Waals surface area contributed by atoms with Crippen LogP contribution < -0.4 is 4.74 Å². The molecule has 0 bridgehead atoms. The van der Waals surface area contributed by atoms with Crippen LogP contribution in [-0.4, -0.2) is 14.7 Å². The molecule has 1 aliphatic rings. The van der Waals surface area contributed by atoms with E-state index in [1.54, 1.807) is 24.3 Å². The van der Waals surface area contributed by atoms with Crippen LogP contribution in [0.15, 0.2) is 30.3 Å². The Morgan fingerprint density at radius 2 is 2.14 bits per heavy atom. The van der Waals surface area contributed by atoms with Gasteiger partial charge in [0.05, 0.1) is 23.2 Å². The van der Waals surface area contributed by atoms with Crippen LogP contribution in [-0.2, 0) is 4.79 Å². The number of benzene rings is 2. The van der Waals surface area contributed by atoms with Crippen LogP contribution in [0.3, 0.4) is 0 Å². The quantitative estimate of drug-likeness (QED) is 0.500. The first kappa shape index (κ1) is 13.6. The highest BCUT2D eigenvalue weighted by Crippen LogP contribution is 2.42. The smallest absolute Gasteiger partial charge is 0.312 e. The molecule has 1 aromatic heterocycles. The molecule has 0 spiro atoms. The van der Waals surface area contributed by atoms with Gasteiger partial charge >= 0.3 is 5.97 Å². The van der Waals surface area contributed by atoms with Gasteiger partial charge in [-0.2, -0.15) is 8.75 Å². The summed E-state index contributed by atoms with van der Waals surface area (Å²) in [6.45, 7) is 0. The first-order valence-electron chi connectivity index (χ1n) is 6.54. The second-order valence-corrected chi connectivity index (χ2v) is 5.95. The summed E-state index contributed by atoms with van der Waals surface area (Å²) in [5, 5.41) is 0.0292. The van der Waals surface area contributed by atoms with E-state index in [-0.39, 0.29) is 23.3 Å². The van der Waals surface area contributed by atoms with Crippen LogP contribution in [0.5, 0.6) is 5.75 Å². The van der Waals surface area contributed by atoms with E-state index in [9.17, 15) is 9.18 Å². The Bertz CT molecular complexity index is 912. The molecule has 0 saturated carbocycles. The fourth-order valence-electron chi connectivity index (χ4n) is 2.73. The fraction of sp³-hybridized carbons (Fsp3) is 0.133. The van der Waals surface area contributed by atoms with Crippen molar-refractivity contribution in [2.45, 2.75) is 12.3 Å². The lowest BCUT2D eigenvalue weighted by Crippen LogP contribution is -2.21. The highest BCUT2D eigenvalue weighted by molar-refractivity contribution is 7.00. The van der Waals surface area contributed by atoms with Crippen molar-refractivity contribution in [2.75, 3.05) is 0 Å². The molecular formula is C15H8ClFN2O2S. The molecule has 7 heteroatoms. The lowest BCUT2D eigenvalue weighted by atomic mass is 9.85. The van der Waals surface area contributed by atoms with Gasteiger partial charge in [0.2, 0.25) is 0 Å². The topological polar surface area (TPSA) is 52.1 Å². The van der Waals surface area contributed by atoms with Crippen molar-refractivity contribution in [3.63, 3.8) is 0 Å². The number of ether oxygens (including phenoxy) is 1. The zero-order chi connectivity index (χ0) is 15.3. The summed E-state index contributed by atoms with van der Waals surface area (Å²) in [4.78, 5) is 11.9. The van der Waals surface area contributed by atoms with Crippen molar-refractivity contribution in [2.24, 2.45) is 0 Å². The van der Waals surface area contributed by atoms with E-state index >= 15 is 0 Å². The molecule has 22 heavy (non-hydrogen) atoms. The van der Waals surface area contributed by atoms with Gasteiger partial charge in [-0.1, -0.05) is 17.7 Å². The summed E-state index contributed by atoms with van der Waals surface area (Å²) in [7, 11) is 0. The zero-order valence-electron chi connectivity index (χ0n) is 11.0. The van der Waals surface area contributed by atoms with E-state index in [0.29, 0.717) is 11.3 Å². The molecule has 0 saturated heterocycles. The van der Waals surface area contributed by atoms with Crippen LogP contribution in [0.25, 0.3) is 11.0 Å². The number of nitrogens with zero attached hydrogens (tertiary/aromatic N) is 2. The van der Waals surface area contributed by atoms with Crippen LogP contribution in [0, 0.1) is 5.82 Å². The minimum Gasteiger partial charge on any atom is -0.426 e. The predicted molar refractivity (Wildman–Crippen MR) is 80.9 cm³/mol. The van der Waals surface area contributed by atoms with Crippen LogP contribution >= 0.6 is 23.3 Å². The molecule has 0 aliphatic carbocycles. The molecule has 4 nitrogen and oxygen atoms in total. The van der Waals surface area contributed by atoms with Gasteiger partial charge in [0.1, 0.15) is 22.6 Å². The Balaban J connectivity index is 1.95. The maximum Gasteiger partial charge on any atom is 0.312 e. The maximum absolute atomic E-state index is 13.4. The summed E-state index contributed by atoms with van der Waals surface area (Å²) < 4.78 is 27.2. The van der Waals surface area contributed by atoms with E-state index in [2.05, 4.69) is 8.75 Å². The average Bonchev–Trinajstić information content (AvgIpc) is 2.97. The number of aromatic nitrogens is 2. The Kier molecular flexibility index (Phi) is 3.09. The Labute approximate surface area is 133 Å². The highest BCUT2D eigenvalue weighted by atomic mass is 35.5. The predicted octanol–water partition coefficient (Wildman–Crippen LogP) is 3.92. The van der Waals surface area contributed by atoms with Crippen LogP contribution in [0.2, 0.25) is 5.02 Å². The third-order valence-electron chi connectivity index (χ3n) is 3.72. The molecular weight excluding hydrogens is 327 g/mol. The third kappa shape index (κ3) is 2.07. The SMILES string of the molecule is O=C1C[C@H](c2ccc(F)c(Cl)c2)c2c(ccc3nsnc23)O1. The number of rotatable bonds is 1. The van der Waals surface area contributed by atoms with E-state index in [0.717, 1.165) is 28.4 Å². The van der Waals surface area contributed by atoms with Crippen molar-refractivity contribution >= 4 is 40.3 Å². The molecule has 110 valence electrons. The highest BCUT2D eigenvalue weighted by Gasteiger charge is 2.31. The van der Waals surface area contributed by atoms with Gasteiger partial charge in [-0.25, -0.2) is 4.39 Å². The van der Waals surface area contributed by atoms with Gasteiger partial charge in [0.25, 0.3) is 0 Å². The van der Waals surface area contributed by atoms with Crippen molar-refractivity contribution in [1.29, 1.82) is 0 Å². The van der Waals surface area contributed by atoms with Gasteiger partial charge in [0.15, 0.2) is 0 Å². The van der Waals surface area contributed by atoms with Gasteiger partial charge < -0.3 is 4.74 Å². The molecule has 0 radical (unpaired) electrons. The lowest BCUT2D eigenvalue weighted by molar-refractivity contribution is -0.135. The molecule has 3 aromatic rings. The number of esters is 1. The van der Waals surface area contributed by atoms with Crippen molar-refractivity contribution < 1.29 is 13.9 Å². The summed E-state index contributed by atoms with van der Waals surface area (Å²) >= 11 is 6.98. The Morgan fingerprint density at radius 3 is 2.95 bits per heavy atom. The third-order valence-corrected chi connectivity index (χ3v) is 4.55. The van der Waals surface area contributed by atoms with Crippen LogP contribution in [0.1, 0.15) is 23.5 Å². The van der Waals surface area contributed by atoms with Crippen molar-refractivity contribution in [3.8, 4) is 5.75 Å². The zero-order valence-corrected chi connectivity index (χ0v) is 12.6. The molecule has 2 heterocycles. The maximum atomic E-state index is 13.4. The second kappa shape index (κ2) is 5.00. The van der Waals surface area contributed by atoms with E-state index in [4.69, 9.17) is 16.3 Å². The number of carbonyl (C=O) groups is 1. The first-order chi connectivity index (χ1) is 10.6. The van der Waals surface area contributed by atoms with Gasteiger partial charge in [-0.05, 0) is 29.8 Å². The fourth-order valence-corrected chi connectivity index (χ4v) is 3.46. The summed E-state index contributed by atoms with van der Waals surface area (Å²) in [6, 6.07) is 7.96. The number of carbonyl (C=O) groups excluding carboxylic acids is 1. The monoisotopic (exact) mass is 334 g/mol. The second-order valence-electron chi connectivity index (χ2n) is 5.01. The molecule has 0 fully saturated rings. The standard InChI is InChI=1S/C15H8ClFN2O2S/c16-9-5-7(1-2-10(9)17)8-6-13(20)21-12-4-3-11-15(14(8)12)19-22-18-11/h1-5,8H,6H2/t8-/m1/s1. The van der Waals surface area contributed by atoms with Crippen molar-refractivity contribution in [1.82, 2.24) is 8.75 Å². The normalized spacial score (nSPS) is 17.4. The first-order valence-corrected chi connectivity index (χ1v) is 7.65. The molecule has 2 aromatic carbocycles. The van der Waals surface area contributed by atoms with Gasteiger partial charge in [-0.15, -0.1) is 0 Å². The van der Waals surface area contributed by atoms with E-state index in [1.807, 2.05) is 0 Å². The molecule has 4 rings (SSSR count). The minimum atomic E-state index is -0.488. The largest absolute Gasteiger partial charge is 0.426 e. The molecule has 0 N–H and O–H groups in total. The van der Waals surface area contributed by atoms with E-state index in [1.165, 1.54) is 6.07 Å². The van der Waals surface area contributed by atoms with Crippen molar-refractivity contribution in [3.05, 3.63) is 52.3 Å². The Morgan fingerprint density at radius 1 is 1.27 bits per heavy atom. The van der Waals surface area contributed by atoms with Crippen LogP contribution in [0.4, 0.5) is 4.39 Å². The minimum absolute atomic E-state index is 0.0292. The van der Waals surface area contributed by atoms with Gasteiger partial charge in [-0.3, -0.25) is 4.79 Å². The number of halogens is 2. The summed E-state index contributed by atoms with van der Waals surface area (Å²) in [5.74, 6) is -0.623. The number of fused-ring (bicyclic) bond motifs is 3. The summed E-state index contributed by atoms with van der Waals surface area (Å²) in [5.41, 5.74) is 3.01. The lowest BCUT2D eigenvalue weighted by Gasteiger charge is -2.25. The van der Waals surface area contributed by atoms with Gasteiger partial charge in [0, 0.05) is 11.5 Å². The molecule has 1 atom stereocenters. The average molecular weight is 335 g/mol. The Hall–Kier alpha value is -2.05. The number of hydrogen-bond acceptors (Lipinski definition) is 5. The molecule has 0 amide bonds. The molecule has 0 unspecified atom stereocenters. The number of hydrogen-bond donors (Lipinski definition) is 0. The molecule has 1 aliphatic heterocycles. The van der Waals surface area contributed by atoms with E-state index < -0.39 is 5.82 Å².